The maximum Gasteiger partial charge on any atom is 0.418 e. The van der Waals surface area contributed by atoms with E-state index in [0.717, 1.165) is 21.9 Å². The van der Waals surface area contributed by atoms with Crippen LogP contribution < -0.4 is 18.9 Å². The van der Waals surface area contributed by atoms with Crippen molar-refractivity contribution in [1.82, 2.24) is 9.80 Å². The number of carboxylic acids is 1. The van der Waals surface area contributed by atoms with Crippen LogP contribution in [0, 0.1) is 20.2 Å². The number of nitrogens with zero attached hydrogens (tertiary/aromatic N) is 4. The molecule has 2 unspecified atom stereocenters. The highest BCUT2D eigenvalue weighted by Gasteiger charge is 2.59. The lowest BCUT2D eigenvalue weighted by molar-refractivity contribution is -0.386. The Balaban J connectivity index is 1.65. The fourth-order valence-electron chi connectivity index (χ4n) is 6.19. The number of nitro groups is 2. The number of benzene rings is 2. The number of carboxylic acid groups (broad SMARTS) is 1. The van der Waals surface area contributed by atoms with E-state index in [1.54, 1.807) is 0 Å². The summed E-state index contributed by atoms with van der Waals surface area (Å²) in [6.07, 6.45) is -3.92. The van der Waals surface area contributed by atoms with Crippen LogP contribution in [0.5, 0.6) is 23.0 Å². The molecular formula is C32H38N4O15S. The third-order valence-corrected chi connectivity index (χ3v) is 10.2. The minimum atomic E-state index is -1.30. The number of nitro benzene ring substituents is 2. The number of unbranched alkanes of at least 4 members (excludes halogenated alkanes) is 1. The standard InChI is InChI=1S/C32H38N4O15S/c1-16(18-11-23(46-3)25(48-5)13-20(18)35(42)43)50-31(40)33-22-15-52-27(9-7-8-10-28(37)38)29(22)34(30(33)39)32(41)51-17(2)19-12-24(47-4)26(49-6)14-21(19)36(44)45/h11-14,16-17,22,27,29H,7-10,15H2,1-6H3,(H,37,38)/t16?,17?,22-,27-,29-/m0/s1. The second-order valence-electron chi connectivity index (χ2n) is 11.7. The summed E-state index contributed by atoms with van der Waals surface area (Å²) in [7, 11) is 5.23. The lowest BCUT2D eigenvalue weighted by Gasteiger charge is -2.26. The van der Waals surface area contributed by atoms with Gasteiger partial charge in [0.05, 0.1) is 73.6 Å². The average Bonchev–Trinajstić information content (AvgIpc) is 3.64. The number of carbonyl (C=O) groups is 4. The summed E-state index contributed by atoms with van der Waals surface area (Å²) in [6.45, 7) is 2.73. The van der Waals surface area contributed by atoms with Crippen molar-refractivity contribution in [2.24, 2.45) is 0 Å². The van der Waals surface area contributed by atoms with E-state index in [1.807, 2.05) is 0 Å². The fourth-order valence-corrected chi connectivity index (χ4v) is 7.81. The molecule has 0 spiro atoms. The van der Waals surface area contributed by atoms with Crippen LogP contribution in [0.25, 0.3) is 0 Å². The predicted octanol–water partition coefficient (Wildman–Crippen LogP) is 5.87. The normalized spacial score (nSPS) is 19.0. The average molecular weight is 751 g/mol. The number of ether oxygens (including phenoxy) is 6. The molecule has 2 saturated heterocycles. The summed E-state index contributed by atoms with van der Waals surface area (Å²) < 4.78 is 32.1. The quantitative estimate of drug-likeness (QED) is 0.0969. The van der Waals surface area contributed by atoms with Crippen LogP contribution in [0.15, 0.2) is 24.3 Å². The number of thioether (sulfide) groups is 1. The van der Waals surface area contributed by atoms with Gasteiger partial charge in [0.2, 0.25) is 0 Å². The smallest absolute Gasteiger partial charge is 0.418 e. The van der Waals surface area contributed by atoms with Crippen LogP contribution in [0.4, 0.5) is 25.8 Å². The first-order valence-electron chi connectivity index (χ1n) is 15.9. The molecule has 20 heteroatoms. The van der Waals surface area contributed by atoms with Gasteiger partial charge in [-0.05, 0) is 38.8 Å². The second-order valence-corrected chi connectivity index (χ2v) is 13.0. The lowest BCUT2D eigenvalue weighted by Crippen LogP contribution is -2.45. The van der Waals surface area contributed by atoms with Crippen molar-refractivity contribution in [1.29, 1.82) is 0 Å². The largest absolute Gasteiger partial charge is 0.493 e. The van der Waals surface area contributed by atoms with Crippen molar-refractivity contribution in [3.8, 4) is 23.0 Å². The minimum absolute atomic E-state index is 0.0575. The van der Waals surface area contributed by atoms with E-state index in [2.05, 4.69) is 0 Å². The Hall–Kier alpha value is -5.53. The first kappa shape index (κ1) is 39.3. The maximum atomic E-state index is 14.0. The molecule has 2 aromatic carbocycles. The van der Waals surface area contributed by atoms with Gasteiger partial charge >= 0.3 is 24.2 Å². The van der Waals surface area contributed by atoms with Crippen molar-refractivity contribution in [2.45, 2.75) is 69.1 Å². The molecule has 4 rings (SSSR count). The first-order valence-corrected chi connectivity index (χ1v) is 16.9. The summed E-state index contributed by atoms with van der Waals surface area (Å²) in [6, 6.07) is 1.82. The van der Waals surface area contributed by atoms with Gasteiger partial charge in [-0.15, -0.1) is 0 Å². The van der Waals surface area contributed by atoms with Crippen molar-refractivity contribution < 1.29 is 62.6 Å². The van der Waals surface area contributed by atoms with Crippen LogP contribution in [0.3, 0.4) is 0 Å². The molecule has 1 N–H and O–H groups in total. The Kier molecular flexibility index (Phi) is 12.6. The number of rotatable bonds is 15. The Morgan fingerprint density at radius 2 is 1.25 bits per heavy atom. The zero-order chi connectivity index (χ0) is 38.4. The Morgan fingerprint density at radius 1 is 0.808 bits per heavy atom. The number of urea groups is 1. The van der Waals surface area contributed by atoms with Gasteiger partial charge in [0.15, 0.2) is 23.0 Å². The molecule has 2 heterocycles. The van der Waals surface area contributed by atoms with Gasteiger partial charge in [-0.2, -0.15) is 11.8 Å². The molecule has 282 valence electrons. The van der Waals surface area contributed by atoms with E-state index in [4.69, 9.17) is 33.5 Å². The molecular weight excluding hydrogens is 712 g/mol. The predicted molar refractivity (Wildman–Crippen MR) is 181 cm³/mol. The molecule has 2 fully saturated rings. The highest BCUT2D eigenvalue weighted by atomic mass is 32.2. The number of hydrogen-bond donors (Lipinski definition) is 1. The molecule has 52 heavy (non-hydrogen) atoms. The highest BCUT2D eigenvalue weighted by Crippen LogP contribution is 2.45. The number of aliphatic carboxylic acids is 1. The lowest BCUT2D eigenvalue weighted by atomic mass is 10.0. The van der Waals surface area contributed by atoms with Crippen LogP contribution in [0.2, 0.25) is 0 Å². The monoisotopic (exact) mass is 750 g/mol. The molecule has 0 radical (unpaired) electrons. The van der Waals surface area contributed by atoms with E-state index < -0.39 is 74.9 Å². The first-order chi connectivity index (χ1) is 24.7. The summed E-state index contributed by atoms with van der Waals surface area (Å²) in [5.41, 5.74) is -1.01. The van der Waals surface area contributed by atoms with Gasteiger partial charge in [-0.25, -0.2) is 24.2 Å². The Morgan fingerprint density at radius 3 is 1.67 bits per heavy atom. The van der Waals surface area contributed by atoms with Crippen molar-refractivity contribution in [3.63, 3.8) is 0 Å². The molecule has 0 aliphatic carbocycles. The zero-order valence-corrected chi connectivity index (χ0v) is 29.9. The van der Waals surface area contributed by atoms with Gasteiger partial charge in [0.1, 0.15) is 12.2 Å². The van der Waals surface area contributed by atoms with Crippen LogP contribution in [-0.2, 0) is 14.3 Å². The van der Waals surface area contributed by atoms with Crippen molar-refractivity contribution >= 4 is 47.3 Å². The summed E-state index contributed by atoms with van der Waals surface area (Å²) in [5, 5.41) is 32.5. The molecule has 0 bridgehead atoms. The van der Waals surface area contributed by atoms with Crippen molar-refractivity contribution in [3.05, 3.63) is 55.6 Å². The van der Waals surface area contributed by atoms with Gasteiger partial charge in [0.25, 0.3) is 11.4 Å². The van der Waals surface area contributed by atoms with Crippen LogP contribution >= 0.6 is 11.8 Å². The van der Waals surface area contributed by atoms with E-state index in [9.17, 15) is 39.4 Å². The number of carbonyl (C=O) groups excluding carboxylic acids is 3. The molecule has 0 saturated carbocycles. The van der Waals surface area contributed by atoms with Gasteiger partial charge in [-0.1, -0.05) is 6.42 Å². The van der Waals surface area contributed by atoms with Gasteiger partial charge < -0.3 is 33.5 Å². The number of methoxy groups -OCH3 is 4. The summed E-state index contributed by atoms with van der Waals surface area (Å²) in [5.74, 6) is -0.429. The van der Waals surface area contributed by atoms with Crippen LogP contribution in [-0.4, -0.2) is 100 Å². The summed E-state index contributed by atoms with van der Waals surface area (Å²) >= 11 is 1.36. The summed E-state index contributed by atoms with van der Waals surface area (Å²) in [4.78, 5) is 76.7. The number of hydrogen-bond acceptors (Lipinski definition) is 15. The van der Waals surface area contributed by atoms with E-state index in [1.165, 1.54) is 66.2 Å². The van der Waals surface area contributed by atoms with Crippen molar-refractivity contribution in [2.75, 3.05) is 34.2 Å². The molecule has 4 amide bonds. The topological polar surface area (TPSA) is 237 Å². The Bertz CT molecular complexity index is 1740. The van der Waals surface area contributed by atoms with E-state index in [0.29, 0.717) is 19.3 Å². The number of amides is 4. The molecule has 5 atom stereocenters. The van der Waals surface area contributed by atoms with E-state index >= 15 is 0 Å². The second kappa shape index (κ2) is 16.7. The SMILES string of the molecule is COc1cc(C(C)OC(=O)N2C(=O)N(C(=O)OC(C)c3cc(OC)c(OC)cc3[N+](=O)[O-])[C@H]3CS[C@@H](CCCCC(=O)O)[C@H]32)c([N+](=O)[O-])cc1OC. The van der Waals surface area contributed by atoms with E-state index in [-0.39, 0.29) is 46.3 Å². The molecule has 2 aliphatic heterocycles. The minimum Gasteiger partial charge on any atom is -0.493 e. The third-order valence-electron chi connectivity index (χ3n) is 8.71. The van der Waals surface area contributed by atoms with Gasteiger partial charge in [0, 0.05) is 17.4 Å². The zero-order valence-electron chi connectivity index (χ0n) is 29.1. The number of fused-ring (bicyclic) bond motifs is 1. The van der Waals surface area contributed by atoms with Gasteiger partial charge in [-0.3, -0.25) is 25.0 Å². The fraction of sp³-hybridized carbons (Fsp3) is 0.500. The molecule has 2 aromatic rings. The number of imide groups is 2. The molecule has 19 nitrogen and oxygen atoms in total. The maximum absolute atomic E-state index is 14.0. The molecule has 2 aliphatic rings. The highest BCUT2D eigenvalue weighted by molar-refractivity contribution is 8.00. The third kappa shape index (κ3) is 8.00. The molecule has 0 aromatic heterocycles. The van der Waals surface area contributed by atoms with Crippen LogP contribution in [0.1, 0.15) is 62.9 Å². The Labute approximate surface area is 301 Å².